The molecule has 0 radical (unpaired) electrons. The lowest BCUT2D eigenvalue weighted by Crippen LogP contribution is -2.44. The Labute approximate surface area is 89.5 Å². The second kappa shape index (κ2) is 4.58. The summed E-state index contributed by atoms with van der Waals surface area (Å²) in [5, 5.41) is 1.81. The fraction of sp³-hybridized carbons (Fsp3) is 0.750. The zero-order valence-corrected chi connectivity index (χ0v) is 8.50. The predicted molar refractivity (Wildman–Crippen MR) is 46.6 cm³/mol. The number of carbonyl (C=O) groups is 2. The van der Waals surface area contributed by atoms with Gasteiger partial charge in [0.2, 0.25) is 0 Å². The average molecular weight is 240 g/mol. The normalized spacial score (nSPS) is 20.8. The summed E-state index contributed by atoms with van der Waals surface area (Å²) in [5.74, 6) is -1.98. The van der Waals surface area contributed by atoms with Crippen molar-refractivity contribution in [1.29, 1.82) is 0 Å². The third kappa shape index (κ3) is 3.01. The summed E-state index contributed by atoms with van der Waals surface area (Å²) in [4.78, 5) is 22.8. The van der Waals surface area contributed by atoms with Crippen LogP contribution in [0.3, 0.4) is 0 Å². The number of hydrogen-bond donors (Lipinski definition) is 1. The molecule has 1 heterocycles. The van der Waals surface area contributed by atoms with Gasteiger partial charge in [-0.05, 0) is 6.42 Å². The van der Waals surface area contributed by atoms with E-state index in [1.807, 2.05) is 5.32 Å². The number of alkyl halides is 3. The van der Waals surface area contributed by atoms with Crippen LogP contribution in [0.4, 0.5) is 18.0 Å². The van der Waals surface area contributed by atoms with Crippen molar-refractivity contribution >= 4 is 12.0 Å². The van der Waals surface area contributed by atoms with Crippen LogP contribution in [0, 0.1) is 0 Å². The first-order chi connectivity index (χ1) is 7.34. The van der Waals surface area contributed by atoms with E-state index in [1.165, 1.54) is 12.0 Å². The first-order valence-electron chi connectivity index (χ1n) is 4.55. The molecule has 1 fully saturated rings. The quantitative estimate of drug-likeness (QED) is 0.726. The van der Waals surface area contributed by atoms with E-state index < -0.39 is 24.2 Å². The summed E-state index contributed by atoms with van der Waals surface area (Å²) < 4.78 is 40.1. The largest absolute Gasteiger partial charge is 0.471 e. The van der Waals surface area contributed by atoms with E-state index in [4.69, 9.17) is 0 Å². The van der Waals surface area contributed by atoms with Crippen LogP contribution in [0.2, 0.25) is 0 Å². The topological polar surface area (TPSA) is 58.6 Å². The number of amides is 2. The molecule has 1 saturated heterocycles. The van der Waals surface area contributed by atoms with E-state index in [-0.39, 0.29) is 19.5 Å². The lowest BCUT2D eigenvalue weighted by Gasteiger charge is -2.16. The Morgan fingerprint density at radius 2 is 2.06 bits per heavy atom. The molecule has 1 aliphatic heterocycles. The van der Waals surface area contributed by atoms with Gasteiger partial charge in [0, 0.05) is 19.1 Å². The highest BCUT2D eigenvalue weighted by molar-refractivity contribution is 5.82. The highest BCUT2D eigenvalue weighted by atomic mass is 19.4. The fourth-order valence-electron chi connectivity index (χ4n) is 1.44. The van der Waals surface area contributed by atoms with Crippen LogP contribution < -0.4 is 5.32 Å². The van der Waals surface area contributed by atoms with Gasteiger partial charge in [0.1, 0.15) is 0 Å². The first kappa shape index (κ1) is 12.6. The minimum absolute atomic E-state index is 0.0362. The lowest BCUT2D eigenvalue weighted by atomic mass is 10.2. The van der Waals surface area contributed by atoms with Gasteiger partial charge in [0.05, 0.1) is 7.11 Å². The second-order valence-electron chi connectivity index (χ2n) is 3.37. The maximum Gasteiger partial charge on any atom is 0.471 e. The summed E-state index contributed by atoms with van der Waals surface area (Å²) in [6.45, 7) is 0.309. The molecule has 0 aromatic heterocycles. The van der Waals surface area contributed by atoms with Crippen molar-refractivity contribution in [2.75, 3.05) is 20.2 Å². The van der Waals surface area contributed by atoms with Crippen LogP contribution in [0.25, 0.3) is 0 Å². The van der Waals surface area contributed by atoms with Crippen molar-refractivity contribution in [3.05, 3.63) is 0 Å². The number of rotatable bonds is 1. The highest BCUT2D eigenvalue weighted by Gasteiger charge is 2.41. The molecule has 1 N–H and O–H groups in total. The number of nitrogens with zero attached hydrogens (tertiary/aromatic N) is 1. The van der Waals surface area contributed by atoms with Crippen molar-refractivity contribution in [3.8, 4) is 0 Å². The van der Waals surface area contributed by atoms with Crippen molar-refractivity contribution in [2.45, 2.75) is 18.6 Å². The minimum Gasteiger partial charge on any atom is -0.453 e. The molecule has 0 aromatic carbocycles. The van der Waals surface area contributed by atoms with Crippen LogP contribution in [-0.4, -0.2) is 49.3 Å². The van der Waals surface area contributed by atoms with Gasteiger partial charge in [-0.2, -0.15) is 13.2 Å². The predicted octanol–water partition coefficient (Wildman–Crippen LogP) is 0.506. The zero-order chi connectivity index (χ0) is 12.3. The summed E-state index contributed by atoms with van der Waals surface area (Å²) in [6.07, 6.45) is -5.21. The molecular weight excluding hydrogens is 229 g/mol. The summed E-state index contributed by atoms with van der Waals surface area (Å²) in [6, 6.07) is -0.673. The van der Waals surface area contributed by atoms with E-state index in [1.54, 1.807) is 0 Å². The van der Waals surface area contributed by atoms with E-state index >= 15 is 0 Å². The van der Waals surface area contributed by atoms with Gasteiger partial charge >= 0.3 is 18.2 Å². The number of methoxy groups -OCH3 is 1. The summed E-state index contributed by atoms with van der Waals surface area (Å²) in [5.41, 5.74) is 0. The number of ether oxygens (including phenoxy) is 1. The molecule has 0 aromatic rings. The van der Waals surface area contributed by atoms with Crippen molar-refractivity contribution in [2.24, 2.45) is 0 Å². The molecule has 1 atom stereocenters. The molecule has 92 valence electrons. The second-order valence-corrected chi connectivity index (χ2v) is 3.37. The minimum atomic E-state index is -4.89. The Morgan fingerprint density at radius 1 is 1.44 bits per heavy atom. The molecular formula is C8H11F3N2O3. The van der Waals surface area contributed by atoms with Crippen molar-refractivity contribution in [1.82, 2.24) is 10.2 Å². The fourth-order valence-corrected chi connectivity index (χ4v) is 1.44. The lowest BCUT2D eigenvalue weighted by molar-refractivity contribution is -0.174. The van der Waals surface area contributed by atoms with E-state index in [0.717, 1.165) is 0 Å². The number of carbonyl (C=O) groups excluding carboxylic acids is 2. The Hall–Kier alpha value is -1.47. The van der Waals surface area contributed by atoms with Crippen LogP contribution in [0.5, 0.6) is 0 Å². The molecule has 1 unspecified atom stereocenters. The van der Waals surface area contributed by atoms with Gasteiger partial charge in [-0.15, -0.1) is 0 Å². The smallest absolute Gasteiger partial charge is 0.453 e. The maximum absolute atomic E-state index is 11.9. The molecule has 5 nitrogen and oxygen atoms in total. The van der Waals surface area contributed by atoms with Gasteiger partial charge in [0.15, 0.2) is 0 Å². The van der Waals surface area contributed by atoms with Gasteiger partial charge in [-0.3, -0.25) is 4.79 Å². The van der Waals surface area contributed by atoms with Gasteiger partial charge < -0.3 is 15.0 Å². The molecule has 0 bridgehead atoms. The van der Waals surface area contributed by atoms with Crippen LogP contribution in [-0.2, 0) is 9.53 Å². The monoisotopic (exact) mass is 240 g/mol. The molecule has 8 heteroatoms. The van der Waals surface area contributed by atoms with E-state index in [2.05, 4.69) is 4.74 Å². The van der Waals surface area contributed by atoms with E-state index in [9.17, 15) is 22.8 Å². The third-order valence-electron chi connectivity index (χ3n) is 2.21. The third-order valence-corrected chi connectivity index (χ3v) is 2.21. The van der Waals surface area contributed by atoms with Crippen molar-refractivity contribution < 1.29 is 27.5 Å². The SMILES string of the molecule is COC(=O)N1CCC(NC(=O)C(F)(F)F)C1. The van der Waals surface area contributed by atoms with Crippen LogP contribution in [0.1, 0.15) is 6.42 Å². The number of hydrogen-bond acceptors (Lipinski definition) is 3. The standard InChI is InChI=1S/C8H11F3N2O3/c1-16-7(15)13-3-2-5(4-13)12-6(14)8(9,10)11/h5H,2-4H2,1H3,(H,12,14). The highest BCUT2D eigenvalue weighted by Crippen LogP contribution is 2.17. The Kier molecular flexibility index (Phi) is 3.61. The molecule has 1 aliphatic rings. The molecule has 2 amide bonds. The Morgan fingerprint density at radius 3 is 2.56 bits per heavy atom. The molecule has 16 heavy (non-hydrogen) atoms. The van der Waals surface area contributed by atoms with Gasteiger partial charge in [0.25, 0.3) is 0 Å². The number of halogens is 3. The van der Waals surface area contributed by atoms with E-state index in [0.29, 0.717) is 0 Å². The Bertz CT molecular complexity index is 293. The van der Waals surface area contributed by atoms with Gasteiger partial charge in [-0.1, -0.05) is 0 Å². The van der Waals surface area contributed by atoms with Crippen LogP contribution >= 0.6 is 0 Å². The van der Waals surface area contributed by atoms with Gasteiger partial charge in [-0.25, -0.2) is 4.79 Å². The Balaban J connectivity index is 2.43. The number of nitrogens with one attached hydrogen (secondary N) is 1. The molecule has 1 rings (SSSR count). The summed E-state index contributed by atoms with van der Waals surface area (Å²) >= 11 is 0. The zero-order valence-electron chi connectivity index (χ0n) is 8.50. The molecule has 0 spiro atoms. The molecule has 0 saturated carbocycles. The summed E-state index contributed by atoms with van der Waals surface area (Å²) in [7, 11) is 1.18. The maximum atomic E-state index is 11.9. The first-order valence-corrected chi connectivity index (χ1v) is 4.55. The van der Waals surface area contributed by atoms with Crippen molar-refractivity contribution in [3.63, 3.8) is 0 Å². The van der Waals surface area contributed by atoms with Crippen LogP contribution in [0.15, 0.2) is 0 Å². The average Bonchev–Trinajstić information content (AvgIpc) is 2.63. The molecule has 0 aliphatic carbocycles. The number of likely N-dealkylation sites (tertiary alicyclic amines) is 1.